The summed E-state index contributed by atoms with van der Waals surface area (Å²) in [6, 6.07) is 5.95. The summed E-state index contributed by atoms with van der Waals surface area (Å²) in [5.41, 5.74) is 0.766. The van der Waals surface area contributed by atoms with Crippen molar-refractivity contribution >= 4 is 17.5 Å². The van der Waals surface area contributed by atoms with Crippen LogP contribution in [0.1, 0.15) is 24.9 Å². The maximum absolute atomic E-state index is 13.0. The molecule has 1 aromatic carbocycles. The van der Waals surface area contributed by atoms with Gasteiger partial charge < -0.3 is 5.32 Å². The van der Waals surface area contributed by atoms with Gasteiger partial charge in [0.2, 0.25) is 5.91 Å². The summed E-state index contributed by atoms with van der Waals surface area (Å²) in [5, 5.41) is 5.76. The first-order valence-corrected chi connectivity index (χ1v) is 6.43. The van der Waals surface area contributed by atoms with E-state index in [1.807, 2.05) is 6.07 Å². The fourth-order valence-electron chi connectivity index (χ4n) is 2.12. The zero-order valence-electron chi connectivity index (χ0n) is 10.4. The van der Waals surface area contributed by atoms with Gasteiger partial charge in [-0.2, -0.15) is 0 Å². The van der Waals surface area contributed by atoms with E-state index in [1.165, 1.54) is 0 Å². The molecule has 1 fully saturated rings. The van der Waals surface area contributed by atoms with Gasteiger partial charge in [0, 0.05) is 11.4 Å². The molecule has 0 aromatic heterocycles. The summed E-state index contributed by atoms with van der Waals surface area (Å²) in [4.78, 5) is 11.9. The van der Waals surface area contributed by atoms with E-state index in [4.69, 9.17) is 11.6 Å². The molecule has 6 heteroatoms. The second kappa shape index (κ2) is 5.43. The Morgan fingerprint density at radius 1 is 1.53 bits per heavy atom. The van der Waals surface area contributed by atoms with Crippen LogP contribution in [0.4, 0.5) is 8.78 Å². The van der Waals surface area contributed by atoms with E-state index in [0.29, 0.717) is 5.02 Å². The fourth-order valence-corrected chi connectivity index (χ4v) is 2.42. The number of carbonyl (C=O) groups is 1. The third kappa shape index (κ3) is 3.42. The number of amides is 1. The third-order valence-electron chi connectivity index (χ3n) is 3.16. The zero-order valence-corrected chi connectivity index (χ0v) is 11.2. The van der Waals surface area contributed by atoms with E-state index < -0.39 is 30.8 Å². The average Bonchev–Trinajstić information content (AvgIpc) is 2.70. The van der Waals surface area contributed by atoms with Gasteiger partial charge in [-0.15, -0.1) is 0 Å². The zero-order chi connectivity index (χ0) is 14.0. The van der Waals surface area contributed by atoms with Gasteiger partial charge in [-0.05, 0) is 18.6 Å². The highest BCUT2D eigenvalue weighted by Gasteiger charge is 2.42. The fraction of sp³-hybridized carbons (Fsp3) is 0.462. The molecule has 3 nitrogen and oxygen atoms in total. The highest BCUT2D eigenvalue weighted by molar-refractivity contribution is 6.31. The molecule has 0 saturated carbocycles. The Balaban J connectivity index is 1.98. The van der Waals surface area contributed by atoms with Gasteiger partial charge in [-0.25, -0.2) is 8.78 Å². The third-order valence-corrected chi connectivity index (χ3v) is 3.50. The smallest absolute Gasteiger partial charge is 0.262 e. The number of hydrogen-bond donors (Lipinski definition) is 2. The van der Waals surface area contributed by atoms with E-state index in [0.717, 1.165) is 5.56 Å². The van der Waals surface area contributed by atoms with Crippen molar-refractivity contribution in [1.82, 2.24) is 10.6 Å². The van der Waals surface area contributed by atoms with Gasteiger partial charge in [0.05, 0.1) is 18.6 Å². The topological polar surface area (TPSA) is 41.1 Å². The van der Waals surface area contributed by atoms with Crippen molar-refractivity contribution in [1.29, 1.82) is 0 Å². The van der Waals surface area contributed by atoms with Crippen LogP contribution in [0.3, 0.4) is 0 Å². The van der Waals surface area contributed by atoms with E-state index in [1.54, 1.807) is 25.1 Å². The van der Waals surface area contributed by atoms with Gasteiger partial charge in [0.15, 0.2) is 0 Å². The predicted octanol–water partition coefficient (Wildman–Crippen LogP) is 2.51. The van der Waals surface area contributed by atoms with Gasteiger partial charge in [-0.3, -0.25) is 10.1 Å². The molecule has 1 aliphatic heterocycles. The summed E-state index contributed by atoms with van der Waals surface area (Å²) in [5.74, 6) is -3.24. The Morgan fingerprint density at radius 3 is 2.79 bits per heavy atom. The van der Waals surface area contributed by atoms with Crippen LogP contribution >= 0.6 is 11.6 Å². The highest BCUT2D eigenvalue weighted by atomic mass is 35.5. The molecule has 0 aliphatic carbocycles. The molecule has 2 N–H and O–H groups in total. The van der Waals surface area contributed by atoms with Crippen LogP contribution in [-0.4, -0.2) is 24.4 Å². The molecule has 0 bridgehead atoms. The SMILES string of the molecule is CC(NC(=O)C1CC(F)(F)CN1)c1ccccc1Cl. The Bertz CT molecular complexity index is 481. The quantitative estimate of drug-likeness (QED) is 0.897. The van der Waals surface area contributed by atoms with Crippen LogP contribution in [0.15, 0.2) is 24.3 Å². The molecule has 1 heterocycles. The van der Waals surface area contributed by atoms with E-state index in [9.17, 15) is 13.6 Å². The Labute approximate surface area is 115 Å². The second-order valence-electron chi connectivity index (χ2n) is 4.75. The van der Waals surface area contributed by atoms with Crippen molar-refractivity contribution in [3.63, 3.8) is 0 Å². The molecule has 2 rings (SSSR count). The minimum absolute atomic E-state index is 0.322. The Kier molecular flexibility index (Phi) is 4.06. The largest absolute Gasteiger partial charge is 0.348 e. The molecule has 1 aliphatic rings. The molecule has 2 atom stereocenters. The lowest BCUT2D eigenvalue weighted by molar-refractivity contribution is -0.124. The molecule has 1 aromatic rings. The summed E-state index contributed by atoms with van der Waals surface area (Å²) in [6.07, 6.45) is -0.464. The molecular formula is C13H15ClF2N2O. The standard InChI is InChI=1S/C13H15ClF2N2O/c1-8(9-4-2-3-5-10(9)14)18-12(19)11-6-13(15,16)7-17-11/h2-5,8,11,17H,6-7H2,1H3,(H,18,19). The first-order valence-electron chi connectivity index (χ1n) is 6.05. The van der Waals surface area contributed by atoms with Crippen molar-refractivity contribution in [2.24, 2.45) is 0 Å². The summed E-state index contributed by atoms with van der Waals surface area (Å²) < 4.78 is 26.0. The van der Waals surface area contributed by atoms with Crippen molar-refractivity contribution in [2.75, 3.05) is 6.54 Å². The molecule has 0 radical (unpaired) electrons. The van der Waals surface area contributed by atoms with E-state index in [-0.39, 0.29) is 6.04 Å². The molecule has 104 valence electrons. The number of nitrogens with one attached hydrogen (secondary N) is 2. The van der Waals surface area contributed by atoms with Gasteiger partial charge in [0.25, 0.3) is 5.92 Å². The lowest BCUT2D eigenvalue weighted by Crippen LogP contribution is -2.41. The summed E-state index contributed by atoms with van der Waals surface area (Å²) in [7, 11) is 0. The van der Waals surface area contributed by atoms with E-state index >= 15 is 0 Å². The van der Waals surface area contributed by atoms with Crippen molar-refractivity contribution in [3.05, 3.63) is 34.9 Å². The van der Waals surface area contributed by atoms with Crippen LogP contribution in [0.2, 0.25) is 5.02 Å². The summed E-state index contributed by atoms with van der Waals surface area (Å²) >= 11 is 6.02. The van der Waals surface area contributed by atoms with Crippen molar-refractivity contribution < 1.29 is 13.6 Å². The number of rotatable bonds is 3. The molecular weight excluding hydrogens is 274 g/mol. The average molecular weight is 289 g/mol. The lowest BCUT2D eigenvalue weighted by atomic mass is 10.1. The minimum atomic E-state index is -2.81. The van der Waals surface area contributed by atoms with Crippen LogP contribution in [-0.2, 0) is 4.79 Å². The van der Waals surface area contributed by atoms with Crippen molar-refractivity contribution in [2.45, 2.75) is 31.4 Å². The number of alkyl halides is 2. The molecule has 1 amide bonds. The monoisotopic (exact) mass is 288 g/mol. The van der Waals surface area contributed by atoms with Crippen molar-refractivity contribution in [3.8, 4) is 0 Å². The predicted molar refractivity (Wildman–Crippen MR) is 69.4 cm³/mol. The van der Waals surface area contributed by atoms with Crippen LogP contribution in [0.5, 0.6) is 0 Å². The molecule has 0 spiro atoms. The number of carbonyl (C=O) groups excluding carboxylic acids is 1. The first kappa shape index (κ1) is 14.2. The Morgan fingerprint density at radius 2 is 2.21 bits per heavy atom. The van der Waals surface area contributed by atoms with Crippen LogP contribution in [0, 0.1) is 0 Å². The highest BCUT2D eigenvalue weighted by Crippen LogP contribution is 2.26. The molecule has 2 unspecified atom stereocenters. The first-order chi connectivity index (χ1) is 8.89. The minimum Gasteiger partial charge on any atom is -0.348 e. The maximum Gasteiger partial charge on any atom is 0.262 e. The number of benzene rings is 1. The van der Waals surface area contributed by atoms with Gasteiger partial charge in [-0.1, -0.05) is 29.8 Å². The van der Waals surface area contributed by atoms with Crippen LogP contribution in [0.25, 0.3) is 0 Å². The van der Waals surface area contributed by atoms with Gasteiger partial charge in [0.1, 0.15) is 0 Å². The molecule has 1 saturated heterocycles. The Hall–Kier alpha value is -1.20. The second-order valence-corrected chi connectivity index (χ2v) is 5.15. The lowest BCUT2D eigenvalue weighted by Gasteiger charge is -2.18. The van der Waals surface area contributed by atoms with E-state index in [2.05, 4.69) is 10.6 Å². The molecule has 19 heavy (non-hydrogen) atoms. The van der Waals surface area contributed by atoms with Gasteiger partial charge >= 0.3 is 0 Å². The summed E-state index contributed by atoms with van der Waals surface area (Å²) in [6.45, 7) is 1.32. The number of halogens is 3. The normalized spacial score (nSPS) is 23.1. The van der Waals surface area contributed by atoms with Crippen LogP contribution < -0.4 is 10.6 Å². The number of hydrogen-bond acceptors (Lipinski definition) is 2. The maximum atomic E-state index is 13.0.